The molecule has 0 saturated carbocycles. The van der Waals surface area contributed by atoms with Crippen molar-refractivity contribution >= 4 is 0 Å². The minimum Gasteiger partial charge on any atom is -0.387 e. The first-order chi connectivity index (χ1) is 8.13. The molecule has 1 heterocycles. The predicted octanol–water partition coefficient (Wildman–Crippen LogP) is 1.48. The number of aromatic nitrogens is 2. The van der Waals surface area contributed by atoms with Crippen LogP contribution in [0.5, 0.6) is 0 Å². The third kappa shape index (κ3) is 2.23. The maximum Gasteiger partial charge on any atom is 0.0945 e. The highest BCUT2D eigenvalue weighted by atomic mass is 16.3. The van der Waals surface area contributed by atoms with Gasteiger partial charge in [-0.2, -0.15) is 5.10 Å². The molecule has 0 saturated heterocycles. The Labute approximate surface area is 101 Å². The van der Waals surface area contributed by atoms with Gasteiger partial charge in [0.1, 0.15) is 0 Å². The molecule has 0 amide bonds. The highest BCUT2D eigenvalue weighted by molar-refractivity contribution is 5.37. The van der Waals surface area contributed by atoms with Crippen molar-refractivity contribution in [3.63, 3.8) is 0 Å². The average molecular weight is 231 g/mol. The van der Waals surface area contributed by atoms with Crippen LogP contribution in [0, 0.1) is 13.8 Å². The molecule has 2 rings (SSSR count). The van der Waals surface area contributed by atoms with Crippen LogP contribution in [0.2, 0.25) is 0 Å². The molecule has 1 unspecified atom stereocenters. The van der Waals surface area contributed by atoms with Gasteiger partial charge < -0.3 is 10.8 Å². The van der Waals surface area contributed by atoms with Crippen LogP contribution in [0.1, 0.15) is 22.9 Å². The van der Waals surface area contributed by atoms with E-state index in [1.807, 2.05) is 42.8 Å². The number of aliphatic hydroxyl groups excluding tert-OH is 1. The van der Waals surface area contributed by atoms with Crippen molar-refractivity contribution in [3.8, 4) is 5.69 Å². The monoisotopic (exact) mass is 231 g/mol. The van der Waals surface area contributed by atoms with Gasteiger partial charge in [0.05, 0.1) is 18.0 Å². The quantitative estimate of drug-likeness (QED) is 0.841. The first-order valence-electron chi connectivity index (χ1n) is 5.63. The first kappa shape index (κ1) is 11.8. The Morgan fingerprint density at radius 1 is 1.29 bits per heavy atom. The third-order valence-electron chi connectivity index (χ3n) is 2.91. The number of nitrogens with two attached hydrogens (primary N) is 1. The fraction of sp³-hybridized carbons (Fsp3) is 0.308. The summed E-state index contributed by atoms with van der Waals surface area (Å²) >= 11 is 0. The molecule has 0 fully saturated rings. The van der Waals surface area contributed by atoms with Gasteiger partial charge in [-0.05, 0) is 26.0 Å². The summed E-state index contributed by atoms with van der Waals surface area (Å²) < 4.78 is 1.81. The summed E-state index contributed by atoms with van der Waals surface area (Å²) in [6.07, 6.45) is 1.03. The Morgan fingerprint density at radius 2 is 1.94 bits per heavy atom. The summed E-state index contributed by atoms with van der Waals surface area (Å²) in [6, 6.07) is 8.09. The van der Waals surface area contributed by atoms with E-state index >= 15 is 0 Å². The number of hydrogen-bond donors (Lipinski definition) is 2. The molecule has 0 spiro atoms. The SMILES string of the molecule is Cc1ccc(-n2ncc(C(O)CN)c2C)cc1. The van der Waals surface area contributed by atoms with E-state index in [1.165, 1.54) is 5.56 Å². The molecule has 4 nitrogen and oxygen atoms in total. The van der Waals surface area contributed by atoms with Crippen LogP contribution in [-0.2, 0) is 0 Å². The van der Waals surface area contributed by atoms with Crippen LogP contribution in [0.15, 0.2) is 30.5 Å². The minimum absolute atomic E-state index is 0.209. The van der Waals surface area contributed by atoms with Gasteiger partial charge in [0.25, 0.3) is 0 Å². The zero-order valence-corrected chi connectivity index (χ0v) is 10.1. The zero-order valence-electron chi connectivity index (χ0n) is 10.1. The number of aryl methyl sites for hydroxylation is 1. The number of rotatable bonds is 3. The van der Waals surface area contributed by atoms with Crippen LogP contribution in [0.25, 0.3) is 5.69 Å². The van der Waals surface area contributed by atoms with Gasteiger partial charge in [-0.3, -0.25) is 0 Å². The Bertz CT molecular complexity index is 502. The normalized spacial score (nSPS) is 12.7. The molecular weight excluding hydrogens is 214 g/mol. The van der Waals surface area contributed by atoms with Gasteiger partial charge in [-0.15, -0.1) is 0 Å². The second kappa shape index (κ2) is 4.69. The average Bonchev–Trinajstić information content (AvgIpc) is 2.71. The molecule has 3 N–H and O–H groups in total. The topological polar surface area (TPSA) is 64.1 Å². The van der Waals surface area contributed by atoms with Crippen molar-refractivity contribution in [1.29, 1.82) is 0 Å². The standard InChI is InChI=1S/C13H17N3O/c1-9-3-5-11(6-4-9)16-10(2)12(8-15-16)13(17)7-14/h3-6,8,13,17H,7,14H2,1-2H3. The molecule has 1 atom stereocenters. The summed E-state index contributed by atoms with van der Waals surface area (Å²) in [6.45, 7) is 4.19. The van der Waals surface area contributed by atoms with E-state index < -0.39 is 6.10 Å². The van der Waals surface area contributed by atoms with E-state index in [2.05, 4.69) is 5.10 Å². The smallest absolute Gasteiger partial charge is 0.0945 e. The van der Waals surface area contributed by atoms with Crippen LogP contribution < -0.4 is 5.73 Å². The van der Waals surface area contributed by atoms with Crippen molar-refractivity contribution < 1.29 is 5.11 Å². The van der Waals surface area contributed by atoms with Gasteiger partial charge in [0, 0.05) is 17.8 Å². The van der Waals surface area contributed by atoms with Gasteiger partial charge in [-0.25, -0.2) is 4.68 Å². The lowest BCUT2D eigenvalue weighted by atomic mass is 10.1. The van der Waals surface area contributed by atoms with Gasteiger partial charge in [-0.1, -0.05) is 17.7 Å². The highest BCUT2D eigenvalue weighted by Crippen LogP contribution is 2.19. The van der Waals surface area contributed by atoms with Crippen molar-refractivity contribution in [1.82, 2.24) is 9.78 Å². The lowest BCUT2D eigenvalue weighted by Gasteiger charge is -2.08. The van der Waals surface area contributed by atoms with Crippen LogP contribution in [0.4, 0.5) is 0 Å². The van der Waals surface area contributed by atoms with Crippen LogP contribution >= 0.6 is 0 Å². The molecule has 4 heteroatoms. The summed E-state index contributed by atoms with van der Waals surface area (Å²) in [5.74, 6) is 0. The summed E-state index contributed by atoms with van der Waals surface area (Å²) in [7, 11) is 0. The van der Waals surface area contributed by atoms with E-state index in [-0.39, 0.29) is 6.54 Å². The largest absolute Gasteiger partial charge is 0.387 e. The Kier molecular flexibility index (Phi) is 3.26. The van der Waals surface area contributed by atoms with Crippen LogP contribution in [-0.4, -0.2) is 21.4 Å². The summed E-state index contributed by atoms with van der Waals surface area (Å²) in [5, 5.41) is 14.0. The fourth-order valence-corrected chi connectivity index (χ4v) is 1.82. The lowest BCUT2D eigenvalue weighted by Crippen LogP contribution is -2.12. The molecule has 1 aromatic heterocycles. The molecular formula is C13H17N3O. The fourth-order valence-electron chi connectivity index (χ4n) is 1.82. The van der Waals surface area contributed by atoms with E-state index in [0.717, 1.165) is 16.9 Å². The molecule has 0 aliphatic carbocycles. The van der Waals surface area contributed by atoms with Crippen LogP contribution in [0.3, 0.4) is 0 Å². The van der Waals surface area contributed by atoms with E-state index in [1.54, 1.807) is 6.20 Å². The second-order valence-electron chi connectivity index (χ2n) is 4.18. The number of aliphatic hydroxyl groups is 1. The van der Waals surface area contributed by atoms with Gasteiger partial charge in [0.2, 0.25) is 0 Å². The molecule has 17 heavy (non-hydrogen) atoms. The van der Waals surface area contributed by atoms with E-state index in [9.17, 15) is 5.11 Å². The first-order valence-corrected chi connectivity index (χ1v) is 5.63. The molecule has 0 radical (unpaired) electrons. The Hall–Kier alpha value is -1.65. The van der Waals surface area contributed by atoms with Gasteiger partial charge >= 0.3 is 0 Å². The molecule has 0 aliphatic heterocycles. The molecule has 2 aromatic rings. The van der Waals surface area contributed by atoms with Crippen molar-refractivity contribution in [2.75, 3.05) is 6.54 Å². The van der Waals surface area contributed by atoms with Crippen molar-refractivity contribution in [3.05, 3.63) is 47.3 Å². The maximum absolute atomic E-state index is 9.74. The molecule has 0 bridgehead atoms. The Balaban J connectivity index is 2.40. The lowest BCUT2D eigenvalue weighted by molar-refractivity contribution is 0.186. The number of benzene rings is 1. The van der Waals surface area contributed by atoms with Gasteiger partial charge in [0.15, 0.2) is 0 Å². The number of nitrogens with zero attached hydrogens (tertiary/aromatic N) is 2. The number of hydrogen-bond acceptors (Lipinski definition) is 3. The molecule has 90 valence electrons. The maximum atomic E-state index is 9.74. The molecule has 1 aromatic carbocycles. The Morgan fingerprint density at radius 3 is 2.53 bits per heavy atom. The zero-order chi connectivity index (χ0) is 12.4. The highest BCUT2D eigenvalue weighted by Gasteiger charge is 2.14. The minimum atomic E-state index is -0.644. The van der Waals surface area contributed by atoms with E-state index in [4.69, 9.17) is 5.73 Å². The second-order valence-corrected chi connectivity index (χ2v) is 4.18. The summed E-state index contributed by atoms with van der Waals surface area (Å²) in [4.78, 5) is 0. The third-order valence-corrected chi connectivity index (χ3v) is 2.91. The van der Waals surface area contributed by atoms with Crippen molar-refractivity contribution in [2.45, 2.75) is 20.0 Å². The predicted molar refractivity (Wildman–Crippen MR) is 67.1 cm³/mol. The van der Waals surface area contributed by atoms with E-state index in [0.29, 0.717) is 0 Å². The van der Waals surface area contributed by atoms with Crippen molar-refractivity contribution in [2.24, 2.45) is 5.73 Å². The summed E-state index contributed by atoms with van der Waals surface area (Å²) in [5.41, 5.74) is 9.36. The molecule has 0 aliphatic rings.